The molecule has 0 spiro atoms. The Labute approximate surface area is 258 Å². The number of carbonyl (C=O) groups is 2. The number of hydrogen-bond acceptors (Lipinski definition) is 4. The van der Waals surface area contributed by atoms with Gasteiger partial charge >= 0.3 is 0 Å². The summed E-state index contributed by atoms with van der Waals surface area (Å²) in [6, 6.07) is 43.4. The molecule has 6 heteroatoms. The highest BCUT2D eigenvalue weighted by Gasteiger charge is 2.38. The van der Waals surface area contributed by atoms with Gasteiger partial charge in [0.05, 0.1) is 5.41 Å². The number of nitrogens with one attached hydrogen (secondary N) is 1. The number of ether oxygens (including phenoxy) is 2. The topological polar surface area (TPSA) is 90.7 Å². The zero-order valence-electron chi connectivity index (χ0n) is 24.7. The van der Waals surface area contributed by atoms with Crippen molar-refractivity contribution in [2.24, 2.45) is 5.73 Å². The molecular weight excluding hydrogens is 548 g/mol. The third kappa shape index (κ3) is 7.34. The van der Waals surface area contributed by atoms with Crippen LogP contribution in [0.25, 0.3) is 0 Å². The van der Waals surface area contributed by atoms with Crippen LogP contribution in [-0.2, 0) is 34.6 Å². The minimum atomic E-state index is -1.05. The summed E-state index contributed by atoms with van der Waals surface area (Å²) in [5, 5.41) is 2.96. The van der Waals surface area contributed by atoms with Crippen LogP contribution in [0.4, 0.5) is 0 Å². The Hall–Kier alpha value is -5.36. The first-order valence-corrected chi connectivity index (χ1v) is 14.6. The minimum Gasteiger partial charge on any atom is -0.485 e. The summed E-state index contributed by atoms with van der Waals surface area (Å²) in [6.07, 6.45) is 0.182. The van der Waals surface area contributed by atoms with E-state index >= 15 is 0 Å². The first-order chi connectivity index (χ1) is 21.4. The van der Waals surface area contributed by atoms with E-state index in [1.807, 2.05) is 146 Å². The van der Waals surface area contributed by atoms with E-state index in [4.69, 9.17) is 15.2 Å². The molecule has 5 aromatic carbocycles. The van der Waals surface area contributed by atoms with E-state index in [9.17, 15) is 9.59 Å². The highest BCUT2D eigenvalue weighted by Crippen LogP contribution is 2.33. The van der Waals surface area contributed by atoms with Crippen molar-refractivity contribution in [1.82, 2.24) is 5.32 Å². The highest BCUT2D eigenvalue weighted by atomic mass is 16.5. The fourth-order valence-electron chi connectivity index (χ4n) is 5.11. The van der Waals surface area contributed by atoms with Gasteiger partial charge in [-0.2, -0.15) is 0 Å². The maximum absolute atomic E-state index is 14.0. The molecule has 222 valence electrons. The van der Waals surface area contributed by atoms with Gasteiger partial charge in [-0.25, -0.2) is 0 Å². The summed E-state index contributed by atoms with van der Waals surface area (Å²) in [5.74, 6) is 0.171. The summed E-state index contributed by atoms with van der Waals surface area (Å²) >= 11 is 0. The van der Waals surface area contributed by atoms with Crippen LogP contribution in [0, 0.1) is 0 Å². The van der Waals surface area contributed by atoms with Crippen LogP contribution in [0.3, 0.4) is 0 Å². The number of hydrogen-bond donors (Lipinski definition) is 2. The number of nitrogens with two attached hydrogens (primary N) is 1. The normalized spacial score (nSPS) is 11.8. The molecule has 5 aromatic rings. The van der Waals surface area contributed by atoms with Crippen molar-refractivity contribution in [3.8, 4) is 11.5 Å². The van der Waals surface area contributed by atoms with Gasteiger partial charge in [-0.15, -0.1) is 0 Å². The Morgan fingerprint density at radius 1 is 0.636 bits per heavy atom. The van der Waals surface area contributed by atoms with E-state index in [1.54, 1.807) is 0 Å². The predicted molar refractivity (Wildman–Crippen MR) is 172 cm³/mol. The molecule has 0 radical (unpaired) electrons. The molecule has 0 aliphatic rings. The van der Waals surface area contributed by atoms with Crippen molar-refractivity contribution in [3.63, 3.8) is 0 Å². The van der Waals surface area contributed by atoms with E-state index < -0.39 is 17.4 Å². The fourth-order valence-corrected chi connectivity index (χ4v) is 5.11. The Kier molecular flexibility index (Phi) is 9.72. The Balaban J connectivity index is 1.39. The second kappa shape index (κ2) is 14.2. The quantitative estimate of drug-likeness (QED) is 0.168. The molecule has 0 fully saturated rings. The molecule has 3 N–H and O–H groups in total. The molecule has 0 aromatic heterocycles. The molecule has 0 aliphatic heterocycles. The van der Waals surface area contributed by atoms with E-state index in [2.05, 4.69) is 5.32 Å². The van der Waals surface area contributed by atoms with Gasteiger partial charge in [0.2, 0.25) is 11.8 Å². The number of benzene rings is 5. The summed E-state index contributed by atoms with van der Waals surface area (Å²) in [7, 11) is 0. The molecule has 2 amide bonds. The number of rotatable bonds is 13. The minimum absolute atomic E-state index is 0.182. The first-order valence-electron chi connectivity index (χ1n) is 14.6. The molecule has 0 aliphatic carbocycles. The lowest BCUT2D eigenvalue weighted by atomic mass is 9.75. The van der Waals surface area contributed by atoms with Gasteiger partial charge in [0, 0.05) is 6.42 Å². The average molecular weight is 585 g/mol. The van der Waals surface area contributed by atoms with E-state index in [1.165, 1.54) is 0 Å². The second-order valence-corrected chi connectivity index (χ2v) is 10.8. The zero-order valence-corrected chi connectivity index (χ0v) is 24.7. The Morgan fingerprint density at radius 2 is 1.09 bits per heavy atom. The summed E-state index contributed by atoms with van der Waals surface area (Å²) in [6.45, 7) is 2.58. The van der Waals surface area contributed by atoms with E-state index in [0.717, 1.165) is 27.8 Å². The molecule has 0 heterocycles. The molecule has 0 bridgehead atoms. The molecule has 1 atom stereocenters. The van der Waals surface area contributed by atoms with Gasteiger partial charge < -0.3 is 20.5 Å². The van der Waals surface area contributed by atoms with E-state index in [0.29, 0.717) is 24.7 Å². The summed E-state index contributed by atoms with van der Waals surface area (Å²) in [4.78, 5) is 26.7. The van der Waals surface area contributed by atoms with Crippen LogP contribution in [-0.4, -0.2) is 17.9 Å². The van der Waals surface area contributed by atoms with Gasteiger partial charge in [-0.05, 0) is 46.9 Å². The Morgan fingerprint density at radius 3 is 1.57 bits per heavy atom. The lowest BCUT2D eigenvalue weighted by molar-refractivity contribution is -0.129. The number of primary amides is 1. The first kappa shape index (κ1) is 30.1. The van der Waals surface area contributed by atoms with Gasteiger partial charge in [-0.1, -0.05) is 127 Å². The van der Waals surface area contributed by atoms with Gasteiger partial charge in [-0.3, -0.25) is 9.59 Å². The van der Waals surface area contributed by atoms with Crippen LogP contribution in [0.5, 0.6) is 11.5 Å². The van der Waals surface area contributed by atoms with Crippen LogP contribution in [0.1, 0.15) is 34.7 Å². The molecule has 5 rings (SSSR count). The molecule has 0 saturated heterocycles. The van der Waals surface area contributed by atoms with Crippen molar-refractivity contribution in [1.29, 1.82) is 0 Å². The van der Waals surface area contributed by atoms with Crippen molar-refractivity contribution >= 4 is 11.8 Å². The van der Waals surface area contributed by atoms with Crippen LogP contribution in [0.15, 0.2) is 140 Å². The molecule has 6 nitrogen and oxygen atoms in total. The summed E-state index contributed by atoms with van der Waals surface area (Å²) < 4.78 is 12.4. The predicted octanol–water partition coefficient (Wildman–Crippen LogP) is 6.36. The van der Waals surface area contributed by atoms with Crippen molar-refractivity contribution in [3.05, 3.63) is 167 Å². The molecule has 0 saturated carbocycles. The van der Waals surface area contributed by atoms with Crippen LogP contribution >= 0.6 is 0 Å². The number of amides is 2. The zero-order chi connectivity index (χ0) is 30.8. The van der Waals surface area contributed by atoms with E-state index in [-0.39, 0.29) is 12.3 Å². The Bertz CT molecular complexity index is 1620. The van der Waals surface area contributed by atoms with Crippen molar-refractivity contribution in [2.75, 3.05) is 0 Å². The van der Waals surface area contributed by atoms with Crippen molar-refractivity contribution in [2.45, 2.75) is 38.0 Å². The van der Waals surface area contributed by atoms with Gasteiger partial charge in [0.15, 0.2) is 11.5 Å². The third-order valence-electron chi connectivity index (χ3n) is 7.73. The van der Waals surface area contributed by atoms with Crippen LogP contribution in [0.2, 0.25) is 0 Å². The van der Waals surface area contributed by atoms with Crippen LogP contribution < -0.4 is 20.5 Å². The molecule has 44 heavy (non-hydrogen) atoms. The largest absolute Gasteiger partial charge is 0.485 e. The highest BCUT2D eigenvalue weighted by molar-refractivity contribution is 5.95. The second-order valence-electron chi connectivity index (χ2n) is 10.8. The lowest BCUT2D eigenvalue weighted by Crippen LogP contribution is -2.52. The number of carbonyl (C=O) groups excluding carboxylic acids is 2. The lowest BCUT2D eigenvalue weighted by Gasteiger charge is -2.31. The third-order valence-corrected chi connectivity index (χ3v) is 7.73. The van der Waals surface area contributed by atoms with Gasteiger partial charge in [0.25, 0.3) is 0 Å². The summed E-state index contributed by atoms with van der Waals surface area (Å²) in [5.41, 5.74) is 9.24. The van der Waals surface area contributed by atoms with Gasteiger partial charge in [0.1, 0.15) is 19.3 Å². The standard InChI is InChI=1S/C38H36N2O4/c1-38(31-18-10-4-11-19-31,32-20-12-5-13-21-32)37(42)40-33(36(39)41)24-30-22-23-34(43-26-28-14-6-2-7-15-28)35(25-30)44-27-29-16-8-3-9-17-29/h2-23,25,33H,24,26-27H2,1H3,(H2,39,41)(H,40,42)/t33-/m0/s1. The molecule has 0 unspecified atom stereocenters. The molecular formula is C38H36N2O4. The maximum Gasteiger partial charge on any atom is 0.240 e. The average Bonchev–Trinajstić information content (AvgIpc) is 3.07. The fraction of sp³-hybridized carbons (Fsp3) is 0.158. The smallest absolute Gasteiger partial charge is 0.240 e. The van der Waals surface area contributed by atoms with Crippen molar-refractivity contribution < 1.29 is 19.1 Å². The SMILES string of the molecule is CC(C(=O)N[C@@H](Cc1ccc(OCc2ccccc2)c(OCc2ccccc2)c1)C(N)=O)(c1ccccc1)c1ccccc1. The maximum atomic E-state index is 14.0. The monoisotopic (exact) mass is 584 g/mol.